The van der Waals surface area contributed by atoms with Gasteiger partial charge in [0, 0.05) is 16.2 Å². The van der Waals surface area contributed by atoms with Gasteiger partial charge in [0.15, 0.2) is 0 Å². The summed E-state index contributed by atoms with van der Waals surface area (Å²) in [6.07, 6.45) is 0. The third-order valence-electron chi connectivity index (χ3n) is 2.83. The molecule has 1 aromatic carbocycles. The molecule has 0 saturated heterocycles. The van der Waals surface area contributed by atoms with Crippen molar-refractivity contribution >= 4 is 33.2 Å². The first kappa shape index (κ1) is 15.7. The Morgan fingerprint density at radius 3 is 2.81 bits per heavy atom. The Bertz CT molecular complexity index is 679. The molecule has 0 bridgehead atoms. The van der Waals surface area contributed by atoms with Crippen molar-refractivity contribution in [2.45, 2.75) is 19.4 Å². The zero-order valence-corrected chi connectivity index (χ0v) is 13.5. The zero-order chi connectivity index (χ0) is 15.4. The van der Waals surface area contributed by atoms with E-state index in [0.29, 0.717) is 21.5 Å². The highest BCUT2D eigenvalue weighted by atomic mass is 79.9. The summed E-state index contributed by atoms with van der Waals surface area (Å²) in [4.78, 5) is 14.9. The second-order valence-corrected chi connectivity index (χ2v) is 5.53. The predicted octanol–water partition coefficient (Wildman–Crippen LogP) is 4.38. The maximum Gasteiger partial charge on any atom is 0.277 e. The number of halogens is 2. The third-order valence-corrected chi connectivity index (χ3v) is 3.57. The molecule has 0 unspecified atom stereocenters. The fraction of sp³-hybridized carbons (Fsp3) is 0.214. The van der Waals surface area contributed by atoms with Gasteiger partial charge in [-0.15, -0.1) is 11.6 Å². The van der Waals surface area contributed by atoms with Crippen molar-refractivity contribution < 1.29 is 9.66 Å². The number of aryl methyl sites for hydroxylation is 1. The monoisotopic (exact) mass is 370 g/mol. The van der Waals surface area contributed by atoms with Crippen LogP contribution in [0.25, 0.3) is 0 Å². The molecule has 1 aromatic heterocycles. The Labute approximate surface area is 135 Å². The second-order valence-electron chi connectivity index (χ2n) is 4.35. The van der Waals surface area contributed by atoms with Gasteiger partial charge < -0.3 is 4.74 Å². The van der Waals surface area contributed by atoms with E-state index in [1.807, 2.05) is 6.92 Å². The minimum absolute atomic E-state index is 0.0110. The maximum atomic E-state index is 11.0. The van der Waals surface area contributed by atoms with E-state index in [9.17, 15) is 10.1 Å². The van der Waals surface area contributed by atoms with Crippen LogP contribution in [0.4, 0.5) is 5.69 Å². The lowest BCUT2D eigenvalue weighted by atomic mass is 10.2. The molecule has 0 amide bonds. The highest BCUT2D eigenvalue weighted by molar-refractivity contribution is 9.10. The van der Waals surface area contributed by atoms with Gasteiger partial charge in [0.25, 0.3) is 5.69 Å². The van der Waals surface area contributed by atoms with Crippen LogP contribution in [-0.2, 0) is 12.5 Å². The van der Waals surface area contributed by atoms with Gasteiger partial charge in [-0.1, -0.05) is 15.9 Å². The van der Waals surface area contributed by atoms with E-state index in [0.717, 1.165) is 5.69 Å². The van der Waals surface area contributed by atoms with Gasteiger partial charge in [0.1, 0.15) is 12.4 Å². The molecule has 2 rings (SSSR count). The third kappa shape index (κ3) is 3.92. The van der Waals surface area contributed by atoms with Crippen LogP contribution in [0.1, 0.15) is 17.0 Å². The number of benzene rings is 1. The molecular formula is C14H12BrClN2O3. The van der Waals surface area contributed by atoms with Crippen molar-refractivity contribution in [2.24, 2.45) is 0 Å². The lowest BCUT2D eigenvalue weighted by Gasteiger charge is -2.10. The summed E-state index contributed by atoms with van der Waals surface area (Å²) in [5, 5.41) is 11.0. The summed E-state index contributed by atoms with van der Waals surface area (Å²) in [5.74, 6) is 0.757. The van der Waals surface area contributed by atoms with Crippen LogP contribution in [0.3, 0.4) is 0 Å². The van der Waals surface area contributed by atoms with E-state index in [1.54, 1.807) is 24.3 Å². The van der Waals surface area contributed by atoms with Crippen LogP contribution in [0.2, 0.25) is 0 Å². The quantitative estimate of drug-likeness (QED) is 0.444. The molecule has 7 heteroatoms. The zero-order valence-electron chi connectivity index (χ0n) is 11.2. The standard InChI is InChI=1S/C14H12BrClN2O3/c1-9-2-5-14(12(7-16)17-9)21-8-10-3-4-11(15)6-13(10)18(19)20/h2-6H,7-8H2,1H3. The number of nitrogens with zero attached hydrogens (tertiary/aromatic N) is 2. The molecule has 0 saturated carbocycles. The predicted molar refractivity (Wildman–Crippen MR) is 83.7 cm³/mol. The second kappa shape index (κ2) is 6.87. The average Bonchev–Trinajstić information content (AvgIpc) is 2.46. The Morgan fingerprint density at radius 1 is 1.38 bits per heavy atom. The lowest BCUT2D eigenvalue weighted by molar-refractivity contribution is -0.385. The summed E-state index contributed by atoms with van der Waals surface area (Å²) in [5.41, 5.74) is 1.96. The molecule has 0 aliphatic carbocycles. The largest absolute Gasteiger partial charge is 0.487 e. The molecule has 0 aliphatic rings. The van der Waals surface area contributed by atoms with Gasteiger partial charge in [0.05, 0.1) is 22.1 Å². The summed E-state index contributed by atoms with van der Waals surface area (Å²) >= 11 is 9.05. The molecule has 1 heterocycles. The van der Waals surface area contributed by atoms with E-state index in [2.05, 4.69) is 20.9 Å². The van der Waals surface area contributed by atoms with Gasteiger partial charge in [-0.25, -0.2) is 0 Å². The minimum atomic E-state index is -0.431. The van der Waals surface area contributed by atoms with Crippen molar-refractivity contribution in [2.75, 3.05) is 0 Å². The summed E-state index contributed by atoms with van der Waals surface area (Å²) in [6.45, 7) is 1.94. The number of hydrogen-bond acceptors (Lipinski definition) is 4. The van der Waals surface area contributed by atoms with Crippen molar-refractivity contribution in [3.05, 3.63) is 61.9 Å². The number of alkyl halides is 1. The summed E-state index contributed by atoms with van der Waals surface area (Å²) < 4.78 is 6.28. The van der Waals surface area contributed by atoms with Crippen molar-refractivity contribution in [3.8, 4) is 5.75 Å². The first-order chi connectivity index (χ1) is 10.0. The minimum Gasteiger partial charge on any atom is -0.487 e. The Hall–Kier alpha value is -1.66. The Balaban J connectivity index is 2.22. The number of nitro groups is 1. The van der Waals surface area contributed by atoms with Crippen LogP contribution in [0.15, 0.2) is 34.8 Å². The number of aromatic nitrogens is 1. The molecule has 0 N–H and O–H groups in total. The van der Waals surface area contributed by atoms with Crippen LogP contribution in [0.5, 0.6) is 5.75 Å². The molecule has 0 spiro atoms. The molecule has 0 fully saturated rings. The topological polar surface area (TPSA) is 65.3 Å². The fourth-order valence-electron chi connectivity index (χ4n) is 1.81. The van der Waals surface area contributed by atoms with Crippen LogP contribution >= 0.6 is 27.5 Å². The number of pyridine rings is 1. The lowest BCUT2D eigenvalue weighted by Crippen LogP contribution is -2.03. The van der Waals surface area contributed by atoms with Crippen LogP contribution < -0.4 is 4.74 Å². The molecule has 0 atom stereocenters. The van der Waals surface area contributed by atoms with Crippen LogP contribution in [0, 0.1) is 17.0 Å². The SMILES string of the molecule is Cc1ccc(OCc2ccc(Br)cc2[N+](=O)[O-])c(CCl)n1. The summed E-state index contributed by atoms with van der Waals surface area (Å²) in [6, 6.07) is 8.42. The highest BCUT2D eigenvalue weighted by Crippen LogP contribution is 2.26. The fourth-order valence-corrected chi connectivity index (χ4v) is 2.35. The smallest absolute Gasteiger partial charge is 0.277 e. The first-order valence-electron chi connectivity index (χ1n) is 6.09. The molecule has 2 aromatic rings. The molecule has 0 radical (unpaired) electrons. The normalized spacial score (nSPS) is 10.4. The van der Waals surface area contributed by atoms with E-state index in [4.69, 9.17) is 16.3 Å². The number of ether oxygens (including phenoxy) is 1. The van der Waals surface area contributed by atoms with E-state index in [-0.39, 0.29) is 18.2 Å². The van der Waals surface area contributed by atoms with Crippen LogP contribution in [-0.4, -0.2) is 9.91 Å². The Morgan fingerprint density at radius 2 is 2.14 bits per heavy atom. The first-order valence-corrected chi connectivity index (χ1v) is 7.42. The molecular weight excluding hydrogens is 360 g/mol. The Kier molecular flexibility index (Phi) is 5.14. The van der Waals surface area contributed by atoms with Gasteiger partial charge in [-0.05, 0) is 31.2 Å². The van der Waals surface area contributed by atoms with Crippen molar-refractivity contribution in [3.63, 3.8) is 0 Å². The van der Waals surface area contributed by atoms with E-state index >= 15 is 0 Å². The van der Waals surface area contributed by atoms with Gasteiger partial charge >= 0.3 is 0 Å². The van der Waals surface area contributed by atoms with Crippen molar-refractivity contribution in [1.29, 1.82) is 0 Å². The van der Waals surface area contributed by atoms with Gasteiger partial charge in [-0.2, -0.15) is 0 Å². The number of rotatable bonds is 5. The van der Waals surface area contributed by atoms with Gasteiger partial charge in [0.2, 0.25) is 0 Å². The molecule has 5 nitrogen and oxygen atoms in total. The van der Waals surface area contributed by atoms with Crippen molar-refractivity contribution in [1.82, 2.24) is 4.98 Å². The molecule has 110 valence electrons. The molecule has 21 heavy (non-hydrogen) atoms. The van der Waals surface area contributed by atoms with E-state index in [1.165, 1.54) is 6.07 Å². The van der Waals surface area contributed by atoms with Gasteiger partial charge in [-0.3, -0.25) is 15.1 Å². The van der Waals surface area contributed by atoms with E-state index < -0.39 is 4.92 Å². The number of nitro benzene ring substituents is 1. The molecule has 0 aliphatic heterocycles. The average molecular weight is 372 g/mol. The highest BCUT2D eigenvalue weighted by Gasteiger charge is 2.15. The number of hydrogen-bond donors (Lipinski definition) is 0. The maximum absolute atomic E-state index is 11.0. The summed E-state index contributed by atoms with van der Waals surface area (Å²) in [7, 11) is 0.